The fourth-order valence-corrected chi connectivity index (χ4v) is 2.99. The third-order valence-electron chi connectivity index (χ3n) is 4.58. The molecular formula is C21H25N5O. The first kappa shape index (κ1) is 18.8. The van der Waals surface area contributed by atoms with Crippen molar-refractivity contribution in [2.45, 2.75) is 20.3 Å². The van der Waals surface area contributed by atoms with Gasteiger partial charge in [-0.25, -0.2) is 4.68 Å². The number of nitrogens with two attached hydrogens (primary N) is 1. The number of amides is 1. The lowest BCUT2D eigenvalue weighted by Gasteiger charge is -2.21. The third-order valence-corrected chi connectivity index (χ3v) is 4.58. The lowest BCUT2D eigenvalue weighted by Crippen LogP contribution is -2.37. The molecule has 6 heteroatoms. The van der Waals surface area contributed by atoms with Crippen LogP contribution in [0.3, 0.4) is 0 Å². The Labute approximate surface area is 159 Å². The lowest BCUT2D eigenvalue weighted by molar-refractivity contribution is 0.0755. The maximum absolute atomic E-state index is 13.0. The van der Waals surface area contributed by atoms with Crippen LogP contribution in [0.15, 0.2) is 54.6 Å². The number of rotatable bonds is 7. The Morgan fingerprint density at radius 3 is 2.41 bits per heavy atom. The van der Waals surface area contributed by atoms with Crippen molar-refractivity contribution in [2.75, 3.05) is 19.6 Å². The van der Waals surface area contributed by atoms with Crippen LogP contribution in [0, 0.1) is 13.8 Å². The minimum absolute atomic E-state index is 0.132. The Morgan fingerprint density at radius 1 is 1.04 bits per heavy atom. The second-order valence-electron chi connectivity index (χ2n) is 6.59. The van der Waals surface area contributed by atoms with Crippen molar-refractivity contribution in [3.63, 3.8) is 0 Å². The summed E-state index contributed by atoms with van der Waals surface area (Å²) in [5, 5.41) is 8.34. The van der Waals surface area contributed by atoms with Gasteiger partial charge >= 0.3 is 0 Å². The molecule has 0 radical (unpaired) electrons. The van der Waals surface area contributed by atoms with Crippen molar-refractivity contribution >= 4 is 5.91 Å². The van der Waals surface area contributed by atoms with Crippen molar-refractivity contribution in [3.8, 4) is 5.69 Å². The van der Waals surface area contributed by atoms with E-state index in [1.165, 1.54) is 11.1 Å². The summed E-state index contributed by atoms with van der Waals surface area (Å²) in [6, 6.07) is 18.1. The maximum atomic E-state index is 13.0. The fraction of sp³-hybridized carbons (Fsp3) is 0.286. The van der Waals surface area contributed by atoms with Crippen LogP contribution in [0.2, 0.25) is 0 Å². The van der Waals surface area contributed by atoms with Gasteiger partial charge in [0.05, 0.1) is 11.4 Å². The molecule has 6 nitrogen and oxygen atoms in total. The van der Waals surface area contributed by atoms with Crippen LogP contribution in [0.25, 0.3) is 5.69 Å². The number of hydrogen-bond donors (Lipinski definition) is 1. The van der Waals surface area contributed by atoms with E-state index in [9.17, 15) is 4.79 Å². The van der Waals surface area contributed by atoms with E-state index in [2.05, 4.69) is 22.4 Å². The summed E-state index contributed by atoms with van der Waals surface area (Å²) in [5.74, 6) is -0.132. The second kappa shape index (κ2) is 8.60. The van der Waals surface area contributed by atoms with Gasteiger partial charge in [-0.3, -0.25) is 4.79 Å². The quantitative estimate of drug-likeness (QED) is 0.700. The fourth-order valence-electron chi connectivity index (χ4n) is 2.99. The second-order valence-corrected chi connectivity index (χ2v) is 6.59. The summed E-state index contributed by atoms with van der Waals surface area (Å²) < 4.78 is 1.70. The van der Waals surface area contributed by atoms with Crippen molar-refractivity contribution in [1.29, 1.82) is 0 Å². The SMILES string of the molecule is Cc1ccc(-n2nnc(C(=O)N(CCN)CCc3ccccc3)c2C)cc1. The first-order valence-corrected chi connectivity index (χ1v) is 9.12. The Hall–Kier alpha value is -2.99. The molecule has 1 heterocycles. The lowest BCUT2D eigenvalue weighted by atomic mass is 10.1. The van der Waals surface area contributed by atoms with Crippen LogP contribution in [0.4, 0.5) is 0 Å². The molecular weight excluding hydrogens is 338 g/mol. The maximum Gasteiger partial charge on any atom is 0.276 e. The Balaban J connectivity index is 1.78. The molecule has 0 saturated carbocycles. The van der Waals surface area contributed by atoms with Crippen LogP contribution in [-0.2, 0) is 6.42 Å². The monoisotopic (exact) mass is 363 g/mol. The van der Waals surface area contributed by atoms with Crippen LogP contribution in [0.1, 0.15) is 27.3 Å². The summed E-state index contributed by atoms with van der Waals surface area (Å²) >= 11 is 0. The molecule has 140 valence electrons. The highest BCUT2D eigenvalue weighted by Gasteiger charge is 2.22. The van der Waals surface area contributed by atoms with E-state index in [1.54, 1.807) is 9.58 Å². The number of aryl methyl sites for hydroxylation is 1. The zero-order valence-corrected chi connectivity index (χ0v) is 15.8. The predicted molar refractivity (Wildman–Crippen MR) is 106 cm³/mol. The minimum atomic E-state index is -0.132. The molecule has 0 aliphatic heterocycles. The van der Waals surface area contributed by atoms with E-state index in [0.717, 1.165) is 17.8 Å². The van der Waals surface area contributed by atoms with E-state index in [1.807, 2.05) is 56.3 Å². The Kier molecular flexibility index (Phi) is 5.98. The van der Waals surface area contributed by atoms with Gasteiger partial charge in [0, 0.05) is 19.6 Å². The van der Waals surface area contributed by atoms with Gasteiger partial charge in [0.2, 0.25) is 0 Å². The van der Waals surface area contributed by atoms with E-state index in [4.69, 9.17) is 5.73 Å². The highest BCUT2D eigenvalue weighted by molar-refractivity contribution is 5.93. The summed E-state index contributed by atoms with van der Waals surface area (Å²) in [4.78, 5) is 14.8. The normalized spacial score (nSPS) is 10.8. The zero-order valence-electron chi connectivity index (χ0n) is 15.8. The third kappa shape index (κ3) is 4.41. The first-order chi connectivity index (χ1) is 13.1. The number of hydrogen-bond acceptors (Lipinski definition) is 4. The molecule has 0 unspecified atom stereocenters. The van der Waals surface area contributed by atoms with Gasteiger partial charge in [-0.2, -0.15) is 0 Å². The number of nitrogens with zero attached hydrogens (tertiary/aromatic N) is 4. The Bertz CT molecular complexity index is 887. The molecule has 0 aliphatic carbocycles. The van der Waals surface area contributed by atoms with Crippen molar-refractivity contribution < 1.29 is 4.79 Å². The van der Waals surface area contributed by atoms with Gasteiger partial charge in [-0.1, -0.05) is 53.2 Å². The molecule has 3 aromatic rings. The number of carbonyl (C=O) groups is 1. The highest BCUT2D eigenvalue weighted by atomic mass is 16.2. The molecule has 27 heavy (non-hydrogen) atoms. The molecule has 0 bridgehead atoms. The van der Waals surface area contributed by atoms with Gasteiger partial charge < -0.3 is 10.6 Å². The molecule has 2 aromatic carbocycles. The van der Waals surface area contributed by atoms with Gasteiger partial charge in [-0.05, 0) is 38.0 Å². The van der Waals surface area contributed by atoms with Gasteiger partial charge in [0.25, 0.3) is 5.91 Å². The average molecular weight is 363 g/mol. The van der Waals surface area contributed by atoms with E-state index >= 15 is 0 Å². The summed E-state index contributed by atoms with van der Waals surface area (Å²) in [5.41, 5.74) is 10.1. The van der Waals surface area contributed by atoms with E-state index in [-0.39, 0.29) is 5.91 Å². The first-order valence-electron chi connectivity index (χ1n) is 9.12. The average Bonchev–Trinajstić information content (AvgIpc) is 3.07. The number of aromatic nitrogens is 3. The molecule has 0 aliphatic rings. The summed E-state index contributed by atoms with van der Waals surface area (Å²) in [6.07, 6.45) is 0.776. The van der Waals surface area contributed by atoms with Crippen LogP contribution in [0.5, 0.6) is 0 Å². The predicted octanol–water partition coefficient (Wildman–Crippen LogP) is 2.53. The topological polar surface area (TPSA) is 77.0 Å². The van der Waals surface area contributed by atoms with E-state index < -0.39 is 0 Å². The Morgan fingerprint density at radius 2 is 1.74 bits per heavy atom. The number of benzene rings is 2. The molecule has 0 atom stereocenters. The van der Waals surface area contributed by atoms with Crippen LogP contribution < -0.4 is 5.73 Å². The molecule has 3 rings (SSSR count). The van der Waals surface area contributed by atoms with Crippen molar-refractivity contribution in [3.05, 3.63) is 77.1 Å². The summed E-state index contributed by atoms with van der Waals surface area (Å²) in [6.45, 7) is 5.39. The standard InChI is InChI=1S/C21H25N5O/c1-16-8-10-19(11-9-16)26-17(2)20(23-24-26)21(27)25(15-13-22)14-12-18-6-4-3-5-7-18/h3-11H,12-15,22H2,1-2H3. The molecule has 0 fully saturated rings. The molecule has 1 amide bonds. The van der Waals surface area contributed by atoms with Gasteiger partial charge in [0.1, 0.15) is 0 Å². The summed E-state index contributed by atoms with van der Waals surface area (Å²) in [7, 11) is 0. The van der Waals surface area contributed by atoms with E-state index in [0.29, 0.717) is 25.3 Å². The van der Waals surface area contributed by atoms with Gasteiger partial charge in [0.15, 0.2) is 5.69 Å². The number of carbonyl (C=O) groups excluding carboxylic acids is 1. The van der Waals surface area contributed by atoms with Crippen molar-refractivity contribution in [1.82, 2.24) is 19.9 Å². The molecule has 2 N–H and O–H groups in total. The van der Waals surface area contributed by atoms with Crippen molar-refractivity contribution in [2.24, 2.45) is 5.73 Å². The smallest absolute Gasteiger partial charge is 0.276 e. The van der Waals surface area contributed by atoms with Crippen LogP contribution >= 0.6 is 0 Å². The minimum Gasteiger partial charge on any atom is -0.336 e. The molecule has 0 spiro atoms. The largest absolute Gasteiger partial charge is 0.336 e. The molecule has 1 aromatic heterocycles. The van der Waals surface area contributed by atoms with Crippen LogP contribution in [-0.4, -0.2) is 45.4 Å². The highest BCUT2D eigenvalue weighted by Crippen LogP contribution is 2.15. The van der Waals surface area contributed by atoms with Gasteiger partial charge in [-0.15, -0.1) is 5.10 Å². The molecule has 0 saturated heterocycles. The zero-order chi connectivity index (χ0) is 19.2.